The smallest absolute Gasteiger partial charge is 0.344 e. The summed E-state index contributed by atoms with van der Waals surface area (Å²) >= 11 is 9.85. The van der Waals surface area contributed by atoms with Crippen LogP contribution < -0.4 is 9.47 Å². The number of hydrogen-bond acceptors (Lipinski definition) is 7. The molecule has 0 saturated carbocycles. The summed E-state index contributed by atoms with van der Waals surface area (Å²) in [6.07, 6.45) is 0. The third-order valence-electron chi connectivity index (χ3n) is 4.95. The Morgan fingerprint density at radius 3 is 1.59 bits per heavy atom. The Balaban J connectivity index is 1.69. The van der Waals surface area contributed by atoms with Crippen LogP contribution in [-0.2, 0) is 10.1 Å². The maximum absolute atomic E-state index is 13.2. The van der Waals surface area contributed by atoms with E-state index in [4.69, 9.17) is 9.47 Å². The fourth-order valence-electron chi connectivity index (χ4n) is 3.43. The van der Waals surface area contributed by atoms with Gasteiger partial charge in [-0.05, 0) is 160 Å². The Bertz CT molecular complexity index is 1660. The van der Waals surface area contributed by atoms with E-state index >= 15 is 0 Å². The molecule has 0 aliphatic rings. The maximum Gasteiger partial charge on any atom is 0.344 e. The third kappa shape index (κ3) is 6.69. The van der Waals surface area contributed by atoms with Crippen LogP contribution in [0.5, 0.6) is 11.5 Å². The second kappa shape index (κ2) is 12.0. The van der Waals surface area contributed by atoms with E-state index in [0.717, 1.165) is 10.7 Å². The van der Waals surface area contributed by atoms with Crippen LogP contribution in [0.2, 0.25) is 0 Å². The minimum atomic E-state index is -4.68. The van der Waals surface area contributed by atoms with Crippen molar-refractivity contribution in [1.29, 1.82) is 0 Å². The summed E-state index contributed by atoms with van der Waals surface area (Å²) in [5.41, 5.74) is 0.488. The fourth-order valence-corrected chi connectivity index (χ4v) is 11.2. The van der Waals surface area contributed by atoms with Gasteiger partial charge in [0.2, 0.25) is 0 Å². The van der Waals surface area contributed by atoms with Crippen molar-refractivity contribution in [3.8, 4) is 11.5 Å². The molecule has 0 heterocycles. The van der Waals surface area contributed by atoms with Gasteiger partial charge in [-0.2, -0.15) is 0 Å². The van der Waals surface area contributed by atoms with E-state index in [1.54, 1.807) is 69.4 Å². The molecule has 0 aliphatic carbocycles. The molecule has 0 aliphatic heterocycles. The number of esters is 2. The number of carbonyl (C=O) groups excluding carboxylic acids is 2. The van der Waals surface area contributed by atoms with Gasteiger partial charge < -0.3 is 14.0 Å². The maximum atomic E-state index is 13.2. The first-order valence-electron chi connectivity index (χ1n) is 9.92. The van der Waals surface area contributed by atoms with Gasteiger partial charge in [-0.1, -0.05) is 24.3 Å². The number of carbonyl (C=O) groups is 2. The highest BCUT2D eigenvalue weighted by molar-refractivity contribution is 14.1. The molecule has 0 N–H and O–H groups in total. The van der Waals surface area contributed by atoms with Crippen molar-refractivity contribution >= 4 is 146 Å². The van der Waals surface area contributed by atoms with Crippen molar-refractivity contribution in [3.05, 3.63) is 89.6 Å². The molecule has 0 spiro atoms. The molecule has 0 atom stereocenters. The molecule has 4 aromatic carbocycles. The monoisotopic (exact) mass is 1080 g/mol. The van der Waals surface area contributed by atoms with Crippen LogP contribution in [0.15, 0.2) is 65.6 Å². The summed E-state index contributed by atoms with van der Waals surface area (Å²) in [6.45, 7) is 0. The van der Waals surface area contributed by atoms with Crippen LogP contribution in [0.25, 0.3) is 10.8 Å². The molecule has 0 saturated heterocycles. The lowest BCUT2D eigenvalue weighted by Crippen LogP contribution is -2.14. The van der Waals surface area contributed by atoms with Gasteiger partial charge in [0, 0.05) is 10.7 Å². The highest BCUT2D eigenvalue weighted by atomic mass is 127. The number of ether oxygens (including phenoxy) is 2. The Kier molecular flexibility index (Phi) is 9.62. The molecule has 13 heteroatoms. The van der Waals surface area contributed by atoms with Gasteiger partial charge in [-0.3, -0.25) is 0 Å². The van der Waals surface area contributed by atoms with E-state index in [9.17, 15) is 22.6 Å². The Morgan fingerprint density at radius 2 is 1.14 bits per heavy atom. The lowest BCUT2D eigenvalue weighted by molar-refractivity contribution is 0.0722. The first-order chi connectivity index (χ1) is 17.4. The van der Waals surface area contributed by atoms with Crippen LogP contribution in [0.3, 0.4) is 0 Å². The third-order valence-corrected chi connectivity index (χ3v) is 10.6. The van der Waals surface area contributed by atoms with Crippen molar-refractivity contribution in [3.63, 3.8) is 0 Å². The SMILES string of the molecule is O=C(Oc1cc(I)c(S(=O)(=O)[O-])c(I)c1)c1ccc(C(=O)Oc2c(I)cc(I)cc2I)c2ccccc12. The molecular formula is C24H10I5O7S-. The predicted molar refractivity (Wildman–Crippen MR) is 178 cm³/mol. The lowest BCUT2D eigenvalue weighted by Gasteiger charge is -2.15. The Morgan fingerprint density at radius 1 is 0.676 bits per heavy atom. The zero-order valence-electron chi connectivity index (χ0n) is 17.9. The van der Waals surface area contributed by atoms with Crippen molar-refractivity contribution in [2.75, 3.05) is 0 Å². The summed E-state index contributed by atoms with van der Waals surface area (Å²) in [6, 6.07) is 16.3. The predicted octanol–water partition coefficient (Wildman–Crippen LogP) is 7.21. The minimum absolute atomic E-state index is 0.0848. The summed E-state index contributed by atoms with van der Waals surface area (Å²) in [7, 11) is -4.68. The van der Waals surface area contributed by atoms with Crippen molar-refractivity contribution < 1.29 is 32.0 Å². The molecule has 0 aromatic heterocycles. The quantitative estimate of drug-likeness (QED) is 0.0901. The zero-order valence-corrected chi connectivity index (χ0v) is 29.5. The second-order valence-electron chi connectivity index (χ2n) is 7.35. The highest BCUT2D eigenvalue weighted by Crippen LogP contribution is 2.33. The second-order valence-corrected chi connectivity index (χ2v) is 14.6. The molecule has 0 bridgehead atoms. The topological polar surface area (TPSA) is 110 Å². The number of hydrogen-bond donors (Lipinski definition) is 0. The first kappa shape index (κ1) is 29.6. The molecule has 0 fully saturated rings. The van der Waals surface area contributed by atoms with E-state index in [0.29, 0.717) is 16.5 Å². The van der Waals surface area contributed by atoms with Gasteiger partial charge in [-0.15, -0.1) is 0 Å². The number of benzene rings is 4. The van der Waals surface area contributed by atoms with E-state index in [1.165, 1.54) is 24.3 Å². The van der Waals surface area contributed by atoms with Crippen LogP contribution in [-0.4, -0.2) is 24.9 Å². The fraction of sp³-hybridized carbons (Fsp3) is 0. The molecule has 7 nitrogen and oxygen atoms in total. The van der Waals surface area contributed by atoms with Crippen LogP contribution in [0.4, 0.5) is 0 Å². The average molecular weight is 1080 g/mol. The van der Waals surface area contributed by atoms with Gasteiger partial charge in [0.15, 0.2) is 5.75 Å². The molecule has 0 unspecified atom stereocenters. The molecule has 4 aromatic rings. The van der Waals surface area contributed by atoms with Gasteiger partial charge in [0.1, 0.15) is 15.9 Å². The molecule has 37 heavy (non-hydrogen) atoms. The van der Waals surface area contributed by atoms with Gasteiger partial charge >= 0.3 is 11.9 Å². The lowest BCUT2D eigenvalue weighted by atomic mass is 9.99. The van der Waals surface area contributed by atoms with Gasteiger partial charge in [0.25, 0.3) is 0 Å². The Hall–Kier alpha value is -0.360. The molecular weight excluding hydrogens is 1070 g/mol. The molecule has 4 rings (SSSR count). The standard InChI is InChI=1S/C24H11I5O7S/c25-11-7-17(26)21(18(27)8-11)36-24(31)16-6-5-15(13-3-1-2-4-14(13)16)23(30)35-12-9-19(28)22(20(29)10-12)37(32,33)34/h1-10H,(H,32,33,34)/p-1. The van der Waals surface area contributed by atoms with Crippen molar-refractivity contribution in [2.24, 2.45) is 0 Å². The summed E-state index contributed by atoms with van der Waals surface area (Å²) in [5, 5.41) is 0.992. The molecule has 0 radical (unpaired) electrons. The Labute approximate surface area is 279 Å². The summed E-state index contributed by atoms with van der Waals surface area (Å²) in [4.78, 5) is 25.9. The summed E-state index contributed by atoms with van der Waals surface area (Å²) in [5.74, 6) is -0.720. The van der Waals surface area contributed by atoms with E-state index in [1.807, 2.05) is 12.1 Å². The van der Waals surface area contributed by atoms with Crippen LogP contribution in [0.1, 0.15) is 20.7 Å². The normalized spacial score (nSPS) is 11.4. The van der Waals surface area contributed by atoms with E-state index in [-0.39, 0.29) is 28.9 Å². The van der Waals surface area contributed by atoms with E-state index < -0.39 is 22.1 Å². The zero-order chi connectivity index (χ0) is 27.1. The van der Waals surface area contributed by atoms with Gasteiger partial charge in [0.05, 0.1) is 23.2 Å². The largest absolute Gasteiger partial charge is 0.744 e. The summed E-state index contributed by atoms with van der Waals surface area (Å²) < 4.78 is 48.7. The molecule has 0 amide bonds. The van der Waals surface area contributed by atoms with Crippen LogP contribution in [0, 0.1) is 17.9 Å². The number of rotatable bonds is 5. The minimum Gasteiger partial charge on any atom is -0.744 e. The number of halogens is 5. The highest BCUT2D eigenvalue weighted by Gasteiger charge is 2.22. The van der Waals surface area contributed by atoms with Crippen molar-refractivity contribution in [1.82, 2.24) is 0 Å². The first-order valence-corrected chi connectivity index (χ1v) is 16.7. The van der Waals surface area contributed by atoms with Gasteiger partial charge in [-0.25, -0.2) is 18.0 Å². The van der Waals surface area contributed by atoms with E-state index in [2.05, 4.69) is 67.8 Å². The van der Waals surface area contributed by atoms with Crippen LogP contribution >= 0.6 is 113 Å². The average Bonchev–Trinajstić information content (AvgIpc) is 2.79. The molecule has 190 valence electrons. The number of fused-ring (bicyclic) bond motifs is 1. The van der Waals surface area contributed by atoms with Crippen molar-refractivity contribution in [2.45, 2.75) is 4.90 Å².